The molecule has 1 unspecified atom stereocenters. The van der Waals surface area contributed by atoms with E-state index in [-0.39, 0.29) is 16.7 Å². The zero-order valence-electron chi connectivity index (χ0n) is 12.5. The van der Waals surface area contributed by atoms with Crippen molar-refractivity contribution in [3.8, 4) is 0 Å². The van der Waals surface area contributed by atoms with E-state index in [1.54, 1.807) is 0 Å². The van der Waals surface area contributed by atoms with Crippen LogP contribution in [0.3, 0.4) is 0 Å². The van der Waals surface area contributed by atoms with E-state index < -0.39 is 10.0 Å². The fourth-order valence-electron chi connectivity index (χ4n) is 2.99. The smallest absolute Gasteiger partial charge is 0.278 e. The number of hydrogen-bond acceptors (Lipinski definition) is 5. The Labute approximate surface area is 125 Å². The van der Waals surface area contributed by atoms with Gasteiger partial charge in [-0.15, -0.1) is 0 Å². The minimum absolute atomic E-state index is 0.0228. The third-order valence-electron chi connectivity index (χ3n) is 4.51. The highest BCUT2D eigenvalue weighted by atomic mass is 32.2. The maximum Gasteiger partial charge on any atom is 0.278 e. The molecule has 0 amide bonds. The summed E-state index contributed by atoms with van der Waals surface area (Å²) in [4.78, 5) is 3.95. The van der Waals surface area contributed by atoms with Gasteiger partial charge in [0.2, 0.25) is 0 Å². The van der Waals surface area contributed by atoms with Crippen LogP contribution in [-0.4, -0.2) is 54.3 Å². The van der Waals surface area contributed by atoms with Crippen LogP contribution < -0.4 is 0 Å². The maximum absolute atomic E-state index is 12.3. The zero-order chi connectivity index (χ0) is 15.1. The largest absolute Gasteiger partial charge is 0.378 e. The summed E-state index contributed by atoms with van der Waals surface area (Å²) in [5, 5.41) is 4.15. The van der Waals surface area contributed by atoms with Gasteiger partial charge in [-0.2, -0.15) is 5.10 Å². The highest BCUT2D eigenvalue weighted by Crippen LogP contribution is 2.53. The van der Waals surface area contributed by atoms with Crippen molar-refractivity contribution in [3.63, 3.8) is 0 Å². The second-order valence-corrected chi connectivity index (χ2v) is 8.25. The van der Waals surface area contributed by atoms with Gasteiger partial charge >= 0.3 is 0 Å². The molecule has 21 heavy (non-hydrogen) atoms. The molecule has 2 fully saturated rings. The number of sulfonamides is 1. The molecule has 1 aliphatic heterocycles. The van der Waals surface area contributed by atoms with Crippen molar-refractivity contribution in [2.24, 2.45) is 5.41 Å². The molecule has 0 spiro atoms. The number of aromatic nitrogens is 3. The molecule has 118 valence electrons. The molecule has 1 saturated heterocycles. The predicted octanol–water partition coefficient (Wildman–Crippen LogP) is 0.878. The second-order valence-electron chi connectivity index (χ2n) is 6.21. The van der Waals surface area contributed by atoms with Crippen molar-refractivity contribution >= 4 is 10.0 Å². The average Bonchev–Trinajstić information content (AvgIpc) is 3.09. The first-order valence-electron chi connectivity index (χ1n) is 7.38. The summed E-state index contributed by atoms with van der Waals surface area (Å²) in [6.07, 6.45) is 7.05. The van der Waals surface area contributed by atoms with Crippen molar-refractivity contribution in [2.45, 2.75) is 49.9 Å². The summed E-state index contributed by atoms with van der Waals surface area (Å²) in [6.45, 7) is 1.38. The van der Waals surface area contributed by atoms with Crippen LogP contribution in [0.25, 0.3) is 0 Å². The third-order valence-corrected chi connectivity index (χ3v) is 6.25. The van der Waals surface area contributed by atoms with E-state index in [2.05, 4.69) is 10.1 Å². The molecule has 2 heterocycles. The number of nitrogens with zero attached hydrogens (tertiary/aromatic N) is 4. The molecular weight excluding hydrogens is 292 g/mol. The molecule has 0 bridgehead atoms. The minimum atomic E-state index is -3.56. The summed E-state index contributed by atoms with van der Waals surface area (Å²) in [7, 11) is -0.547. The van der Waals surface area contributed by atoms with Crippen molar-refractivity contribution in [1.82, 2.24) is 19.1 Å². The van der Waals surface area contributed by atoms with Crippen LogP contribution in [0, 0.1) is 5.41 Å². The molecule has 2 aliphatic rings. The van der Waals surface area contributed by atoms with E-state index in [9.17, 15) is 8.42 Å². The molecule has 0 radical (unpaired) electrons. The van der Waals surface area contributed by atoms with Crippen molar-refractivity contribution < 1.29 is 13.2 Å². The topological polar surface area (TPSA) is 77.3 Å². The average molecular weight is 314 g/mol. The van der Waals surface area contributed by atoms with Gasteiger partial charge in [0.05, 0.1) is 12.6 Å². The molecular formula is C13H22N4O3S. The lowest BCUT2D eigenvalue weighted by Crippen LogP contribution is -2.34. The summed E-state index contributed by atoms with van der Waals surface area (Å²) in [6, 6.07) is 0. The highest BCUT2D eigenvalue weighted by molar-refractivity contribution is 7.88. The van der Waals surface area contributed by atoms with Crippen LogP contribution in [0.15, 0.2) is 11.5 Å². The Kier molecular flexibility index (Phi) is 3.79. The fourth-order valence-corrected chi connectivity index (χ4v) is 3.87. The molecule has 0 N–H and O–H groups in total. The zero-order valence-corrected chi connectivity index (χ0v) is 13.3. The van der Waals surface area contributed by atoms with Crippen LogP contribution in [0.1, 0.15) is 32.1 Å². The summed E-state index contributed by atoms with van der Waals surface area (Å²) < 4.78 is 33.1. The predicted molar refractivity (Wildman–Crippen MR) is 76.2 cm³/mol. The molecule has 1 atom stereocenters. The molecule has 1 saturated carbocycles. The molecule has 0 aromatic carbocycles. The van der Waals surface area contributed by atoms with Crippen molar-refractivity contribution in [3.05, 3.63) is 6.33 Å². The van der Waals surface area contributed by atoms with E-state index in [0.717, 1.165) is 32.3 Å². The van der Waals surface area contributed by atoms with Crippen LogP contribution in [0.2, 0.25) is 0 Å². The minimum Gasteiger partial charge on any atom is -0.378 e. The molecule has 1 aromatic rings. The van der Waals surface area contributed by atoms with Crippen molar-refractivity contribution in [1.29, 1.82) is 0 Å². The first-order chi connectivity index (χ1) is 9.96. The van der Waals surface area contributed by atoms with Crippen LogP contribution in [-0.2, 0) is 21.3 Å². The van der Waals surface area contributed by atoms with Gasteiger partial charge in [0, 0.05) is 26.1 Å². The Balaban J connectivity index is 1.82. The summed E-state index contributed by atoms with van der Waals surface area (Å²) >= 11 is 0. The Morgan fingerprint density at radius 2 is 2.19 bits per heavy atom. The molecule has 8 heteroatoms. The molecule has 1 aromatic heterocycles. The van der Waals surface area contributed by atoms with Crippen molar-refractivity contribution in [2.75, 3.05) is 20.7 Å². The number of ether oxygens (including phenoxy) is 1. The molecule has 7 nitrogen and oxygen atoms in total. The van der Waals surface area contributed by atoms with Gasteiger partial charge in [-0.25, -0.2) is 22.4 Å². The van der Waals surface area contributed by atoms with E-state index in [0.29, 0.717) is 6.54 Å². The Morgan fingerprint density at radius 3 is 2.76 bits per heavy atom. The Bertz CT molecular complexity index is 601. The molecule has 3 rings (SSSR count). The van der Waals surface area contributed by atoms with Gasteiger partial charge in [0.15, 0.2) is 0 Å². The quantitative estimate of drug-likeness (QED) is 0.806. The Hall–Kier alpha value is -0.990. The lowest BCUT2D eigenvalue weighted by atomic mass is 9.93. The highest BCUT2D eigenvalue weighted by Gasteiger charge is 2.51. The van der Waals surface area contributed by atoms with Gasteiger partial charge in [0.1, 0.15) is 6.33 Å². The summed E-state index contributed by atoms with van der Waals surface area (Å²) in [5.74, 6) is 0. The third kappa shape index (κ3) is 2.72. The first kappa shape index (κ1) is 14.9. The van der Waals surface area contributed by atoms with E-state index in [1.165, 1.54) is 35.8 Å². The van der Waals surface area contributed by atoms with Gasteiger partial charge in [-0.1, -0.05) is 0 Å². The van der Waals surface area contributed by atoms with Gasteiger partial charge in [0.25, 0.3) is 15.2 Å². The second kappa shape index (κ2) is 5.33. The van der Waals surface area contributed by atoms with Gasteiger partial charge in [-0.05, 0) is 32.1 Å². The summed E-state index contributed by atoms with van der Waals surface area (Å²) in [5.41, 5.74) is 0.0463. The van der Waals surface area contributed by atoms with E-state index in [1.807, 2.05) is 0 Å². The van der Waals surface area contributed by atoms with E-state index >= 15 is 0 Å². The monoisotopic (exact) mass is 314 g/mol. The maximum atomic E-state index is 12.3. The molecule has 1 aliphatic carbocycles. The van der Waals surface area contributed by atoms with Gasteiger partial charge < -0.3 is 4.74 Å². The fraction of sp³-hybridized carbons (Fsp3) is 0.846. The number of rotatable bonds is 5. The van der Waals surface area contributed by atoms with E-state index in [4.69, 9.17) is 4.74 Å². The Morgan fingerprint density at radius 1 is 1.43 bits per heavy atom. The first-order valence-corrected chi connectivity index (χ1v) is 8.82. The normalized spacial score (nSPS) is 25.2. The van der Waals surface area contributed by atoms with Gasteiger partial charge in [-0.3, -0.25) is 0 Å². The SMILES string of the molecule is CN(C)S(=O)(=O)c1ncnn1CC1(C2CCCCO2)CC1. The lowest BCUT2D eigenvalue weighted by Gasteiger charge is -2.30. The lowest BCUT2D eigenvalue weighted by molar-refractivity contribution is -0.0373. The standard InChI is InChI=1S/C13H22N4O3S/c1-16(2)21(18,19)12-14-10-15-17(12)9-13(6-7-13)11-5-3-4-8-20-11/h10-11H,3-9H2,1-2H3. The number of hydrogen-bond donors (Lipinski definition) is 0. The van der Waals surface area contributed by atoms with Crippen LogP contribution in [0.4, 0.5) is 0 Å². The van der Waals surface area contributed by atoms with Crippen LogP contribution in [0.5, 0.6) is 0 Å². The van der Waals surface area contributed by atoms with Crippen LogP contribution >= 0.6 is 0 Å².